The van der Waals surface area contributed by atoms with Crippen LogP contribution < -0.4 is 4.74 Å². The maximum absolute atomic E-state index is 13.5. The molecule has 1 fully saturated rings. The van der Waals surface area contributed by atoms with E-state index in [9.17, 15) is 9.59 Å². The summed E-state index contributed by atoms with van der Waals surface area (Å²) < 4.78 is 5.76. The lowest BCUT2D eigenvalue weighted by atomic mass is 9.90. The summed E-state index contributed by atoms with van der Waals surface area (Å²) in [7, 11) is 0. The van der Waals surface area contributed by atoms with Gasteiger partial charge in [-0.05, 0) is 36.6 Å². The summed E-state index contributed by atoms with van der Waals surface area (Å²) in [5, 5.41) is 0. The number of aryl methyl sites for hydroxylation is 2. The molecule has 170 valence electrons. The minimum Gasteiger partial charge on any atom is -0.484 e. The Kier molecular flexibility index (Phi) is 7.08. The Bertz CT molecular complexity index is 1050. The van der Waals surface area contributed by atoms with Crippen molar-refractivity contribution in [2.75, 3.05) is 32.8 Å². The highest BCUT2D eigenvalue weighted by Gasteiger charge is 2.31. The van der Waals surface area contributed by atoms with Crippen LogP contribution in [0, 0.1) is 13.8 Å². The lowest BCUT2D eigenvalue weighted by Crippen LogP contribution is -2.52. The summed E-state index contributed by atoms with van der Waals surface area (Å²) in [6, 6.07) is 25.7. The van der Waals surface area contributed by atoms with Crippen LogP contribution in [-0.4, -0.2) is 54.4 Å². The van der Waals surface area contributed by atoms with Crippen molar-refractivity contribution in [1.82, 2.24) is 9.80 Å². The van der Waals surface area contributed by atoms with Gasteiger partial charge in [-0.2, -0.15) is 0 Å². The van der Waals surface area contributed by atoms with Crippen molar-refractivity contribution in [2.24, 2.45) is 0 Å². The highest BCUT2D eigenvalue weighted by Crippen LogP contribution is 2.27. The zero-order chi connectivity index (χ0) is 23.2. The molecule has 4 rings (SSSR count). The molecule has 2 amide bonds. The van der Waals surface area contributed by atoms with E-state index in [4.69, 9.17) is 4.74 Å². The van der Waals surface area contributed by atoms with Crippen LogP contribution in [0.3, 0.4) is 0 Å². The van der Waals surface area contributed by atoms with Gasteiger partial charge < -0.3 is 14.5 Å². The summed E-state index contributed by atoms with van der Waals surface area (Å²) in [4.78, 5) is 29.9. The Morgan fingerprint density at radius 3 is 1.88 bits per heavy atom. The maximum atomic E-state index is 13.5. The molecule has 5 nitrogen and oxygen atoms in total. The van der Waals surface area contributed by atoms with Crippen molar-refractivity contribution in [3.05, 3.63) is 101 Å². The van der Waals surface area contributed by atoms with Crippen LogP contribution in [0.5, 0.6) is 5.75 Å². The molecule has 0 radical (unpaired) electrons. The summed E-state index contributed by atoms with van der Waals surface area (Å²) in [6.07, 6.45) is 0. The van der Waals surface area contributed by atoms with Crippen molar-refractivity contribution in [3.8, 4) is 5.75 Å². The third-order valence-corrected chi connectivity index (χ3v) is 6.14. The number of rotatable bonds is 6. The zero-order valence-electron chi connectivity index (χ0n) is 19.2. The van der Waals surface area contributed by atoms with E-state index < -0.39 is 0 Å². The Labute approximate surface area is 195 Å². The van der Waals surface area contributed by atoms with E-state index in [1.54, 1.807) is 4.90 Å². The first-order valence-electron chi connectivity index (χ1n) is 11.4. The maximum Gasteiger partial charge on any atom is 0.260 e. The van der Waals surface area contributed by atoms with Crippen LogP contribution in [0.1, 0.15) is 28.2 Å². The van der Waals surface area contributed by atoms with Crippen molar-refractivity contribution >= 4 is 11.8 Å². The molecule has 0 aliphatic carbocycles. The molecule has 3 aromatic carbocycles. The van der Waals surface area contributed by atoms with Crippen molar-refractivity contribution in [1.29, 1.82) is 0 Å². The number of carbonyl (C=O) groups excluding carboxylic acids is 2. The van der Waals surface area contributed by atoms with Gasteiger partial charge in [-0.3, -0.25) is 9.59 Å². The Hall–Kier alpha value is -3.60. The second-order valence-corrected chi connectivity index (χ2v) is 8.52. The van der Waals surface area contributed by atoms with Gasteiger partial charge >= 0.3 is 0 Å². The average Bonchev–Trinajstić information content (AvgIpc) is 2.85. The van der Waals surface area contributed by atoms with Gasteiger partial charge in [0.05, 0.1) is 5.92 Å². The Morgan fingerprint density at radius 1 is 0.788 bits per heavy atom. The van der Waals surface area contributed by atoms with E-state index in [1.807, 2.05) is 97.6 Å². The molecule has 0 bridgehead atoms. The Morgan fingerprint density at radius 2 is 1.33 bits per heavy atom. The van der Waals surface area contributed by atoms with Gasteiger partial charge in [0.25, 0.3) is 5.91 Å². The molecule has 0 spiro atoms. The standard InChI is InChI=1S/C28H30N2O3/c1-21-13-14-25(22(2)19-21)33-20-26(31)29-15-17-30(18-16-29)28(32)27(23-9-5-3-6-10-23)24-11-7-4-8-12-24/h3-14,19,27H,15-18,20H2,1-2H3. The number of benzene rings is 3. The Balaban J connectivity index is 1.38. The number of piperazine rings is 1. The molecule has 1 aliphatic heterocycles. The fraction of sp³-hybridized carbons (Fsp3) is 0.286. The molecule has 0 atom stereocenters. The quantitative estimate of drug-likeness (QED) is 0.575. The van der Waals surface area contributed by atoms with Gasteiger partial charge in [0.2, 0.25) is 5.91 Å². The van der Waals surface area contributed by atoms with Crippen LogP contribution in [0.25, 0.3) is 0 Å². The minimum atomic E-state index is -0.345. The summed E-state index contributed by atoms with van der Waals surface area (Å²) >= 11 is 0. The predicted octanol–water partition coefficient (Wildman–Crippen LogP) is 4.19. The fourth-order valence-electron chi connectivity index (χ4n) is 4.32. The normalized spacial score (nSPS) is 13.8. The van der Waals surface area contributed by atoms with E-state index in [0.717, 1.165) is 28.0 Å². The molecular formula is C28H30N2O3. The van der Waals surface area contributed by atoms with E-state index in [2.05, 4.69) is 0 Å². The van der Waals surface area contributed by atoms with Gasteiger partial charge in [-0.1, -0.05) is 78.4 Å². The average molecular weight is 443 g/mol. The molecule has 33 heavy (non-hydrogen) atoms. The van der Waals surface area contributed by atoms with E-state index in [-0.39, 0.29) is 24.3 Å². The monoisotopic (exact) mass is 442 g/mol. The predicted molar refractivity (Wildman–Crippen MR) is 129 cm³/mol. The third kappa shape index (κ3) is 5.43. The van der Waals surface area contributed by atoms with Gasteiger partial charge in [-0.25, -0.2) is 0 Å². The molecule has 1 saturated heterocycles. The van der Waals surface area contributed by atoms with Crippen LogP contribution in [0.2, 0.25) is 0 Å². The first kappa shape index (κ1) is 22.6. The molecular weight excluding hydrogens is 412 g/mol. The summed E-state index contributed by atoms with van der Waals surface area (Å²) in [5.74, 6) is 0.412. The summed E-state index contributed by atoms with van der Waals surface area (Å²) in [6.45, 7) is 6.08. The fourth-order valence-corrected chi connectivity index (χ4v) is 4.32. The first-order chi connectivity index (χ1) is 16.0. The lowest BCUT2D eigenvalue weighted by molar-refractivity contribution is -0.141. The molecule has 0 aromatic heterocycles. The number of hydrogen-bond donors (Lipinski definition) is 0. The highest BCUT2D eigenvalue weighted by molar-refractivity contribution is 5.87. The smallest absolute Gasteiger partial charge is 0.260 e. The largest absolute Gasteiger partial charge is 0.484 e. The second kappa shape index (κ2) is 10.3. The van der Waals surface area contributed by atoms with Gasteiger partial charge in [0, 0.05) is 26.2 Å². The highest BCUT2D eigenvalue weighted by atomic mass is 16.5. The number of ether oxygens (including phenoxy) is 1. The molecule has 5 heteroatoms. The van der Waals surface area contributed by atoms with Gasteiger partial charge in [-0.15, -0.1) is 0 Å². The van der Waals surface area contributed by atoms with Gasteiger partial charge in [0.15, 0.2) is 6.61 Å². The molecule has 1 aliphatic rings. The van der Waals surface area contributed by atoms with Crippen LogP contribution in [-0.2, 0) is 9.59 Å². The molecule has 0 saturated carbocycles. The van der Waals surface area contributed by atoms with Crippen molar-refractivity contribution in [3.63, 3.8) is 0 Å². The van der Waals surface area contributed by atoms with E-state index in [1.165, 1.54) is 0 Å². The van der Waals surface area contributed by atoms with Crippen LogP contribution in [0.15, 0.2) is 78.9 Å². The number of carbonyl (C=O) groups is 2. The topological polar surface area (TPSA) is 49.9 Å². The molecule has 0 N–H and O–H groups in total. The minimum absolute atomic E-state index is 0.00844. The van der Waals surface area contributed by atoms with Gasteiger partial charge in [0.1, 0.15) is 5.75 Å². The summed E-state index contributed by atoms with van der Waals surface area (Å²) in [5.41, 5.74) is 4.14. The number of nitrogens with zero attached hydrogens (tertiary/aromatic N) is 2. The molecule has 3 aromatic rings. The zero-order valence-corrected chi connectivity index (χ0v) is 19.2. The molecule has 0 unspecified atom stereocenters. The van der Waals surface area contributed by atoms with E-state index in [0.29, 0.717) is 26.2 Å². The SMILES string of the molecule is Cc1ccc(OCC(=O)N2CCN(C(=O)C(c3ccccc3)c3ccccc3)CC2)c(C)c1. The number of amides is 2. The van der Waals surface area contributed by atoms with Crippen molar-refractivity contribution < 1.29 is 14.3 Å². The van der Waals surface area contributed by atoms with Crippen molar-refractivity contribution in [2.45, 2.75) is 19.8 Å². The van der Waals surface area contributed by atoms with Crippen LogP contribution >= 0.6 is 0 Å². The van der Waals surface area contributed by atoms with E-state index >= 15 is 0 Å². The third-order valence-electron chi connectivity index (χ3n) is 6.14. The number of hydrogen-bond acceptors (Lipinski definition) is 3. The molecule has 1 heterocycles. The lowest BCUT2D eigenvalue weighted by Gasteiger charge is -2.36. The van der Waals surface area contributed by atoms with Crippen LogP contribution in [0.4, 0.5) is 0 Å². The first-order valence-corrected chi connectivity index (χ1v) is 11.4. The second-order valence-electron chi connectivity index (χ2n) is 8.52.